The Hall–Kier alpha value is -2.88. The first-order valence-electron chi connectivity index (χ1n) is 15.2. The van der Waals surface area contributed by atoms with E-state index in [1.54, 1.807) is 0 Å². The summed E-state index contributed by atoms with van der Waals surface area (Å²) in [5.41, 5.74) is 3.20. The molecule has 0 aliphatic carbocycles. The molecular weight excluding hydrogens is 570 g/mol. The van der Waals surface area contributed by atoms with Crippen molar-refractivity contribution in [3.8, 4) is 6.01 Å². The second-order valence-corrected chi connectivity index (χ2v) is 14.8. The average Bonchev–Trinajstić information content (AvgIpc) is 3.60. The fourth-order valence-electron chi connectivity index (χ4n) is 7.65. The summed E-state index contributed by atoms with van der Waals surface area (Å²) >= 11 is 6.70. The summed E-state index contributed by atoms with van der Waals surface area (Å²) in [5, 5.41) is 3.51. The van der Waals surface area contributed by atoms with Crippen LogP contribution in [0.4, 0.5) is 11.5 Å². The molecule has 1 unspecified atom stereocenters. The first kappa shape index (κ1) is 27.9. The second kappa shape index (κ2) is 11.0. The fraction of sp³-hybridized carbons (Fsp3) is 0.500. The van der Waals surface area contributed by atoms with Crippen LogP contribution in [-0.4, -0.2) is 73.4 Å². The molecule has 4 aliphatic heterocycles. The summed E-state index contributed by atoms with van der Waals surface area (Å²) in [6.45, 7) is 8.97. The molecular formula is C32H38ClN5O3S. The summed E-state index contributed by atoms with van der Waals surface area (Å²) in [5.74, 6) is 0.821. The molecule has 10 heteroatoms. The van der Waals surface area contributed by atoms with Crippen LogP contribution in [0.25, 0.3) is 10.8 Å². The van der Waals surface area contributed by atoms with Crippen molar-refractivity contribution < 1.29 is 13.2 Å². The molecule has 0 amide bonds. The van der Waals surface area contributed by atoms with Crippen LogP contribution in [0.3, 0.4) is 0 Å². The first-order valence-corrected chi connectivity index (χ1v) is 17.2. The third-order valence-corrected chi connectivity index (χ3v) is 11.9. The molecule has 4 aliphatic rings. The molecule has 7 rings (SSSR count). The van der Waals surface area contributed by atoms with Crippen LogP contribution < -0.4 is 14.5 Å². The lowest BCUT2D eigenvalue weighted by Crippen LogP contribution is -2.44. The van der Waals surface area contributed by atoms with E-state index in [1.165, 1.54) is 12.8 Å². The minimum absolute atomic E-state index is 0.0828. The second-order valence-electron chi connectivity index (χ2n) is 12.2. The Labute approximate surface area is 253 Å². The maximum atomic E-state index is 12.8. The van der Waals surface area contributed by atoms with Crippen LogP contribution in [-0.2, 0) is 22.8 Å². The number of hydrogen-bond acceptors (Lipinski definition) is 8. The number of nitrogens with zero attached hydrogens (tertiary/aromatic N) is 5. The van der Waals surface area contributed by atoms with Crippen molar-refractivity contribution in [1.29, 1.82) is 0 Å². The molecule has 3 saturated heterocycles. The van der Waals surface area contributed by atoms with Crippen molar-refractivity contribution in [1.82, 2.24) is 14.9 Å². The van der Waals surface area contributed by atoms with Gasteiger partial charge in [0.2, 0.25) is 0 Å². The number of rotatable bonds is 7. The van der Waals surface area contributed by atoms with Crippen molar-refractivity contribution in [2.24, 2.45) is 0 Å². The van der Waals surface area contributed by atoms with Gasteiger partial charge < -0.3 is 14.5 Å². The van der Waals surface area contributed by atoms with Crippen LogP contribution in [0.2, 0.25) is 5.02 Å². The number of fused-ring (bicyclic) bond motifs is 3. The summed E-state index contributed by atoms with van der Waals surface area (Å²) in [7, 11) is -3.37. The minimum atomic E-state index is -3.37. The monoisotopic (exact) mass is 607 g/mol. The Morgan fingerprint density at radius 1 is 1.02 bits per heavy atom. The van der Waals surface area contributed by atoms with Gasteiger partial charge in [0.05, 0.1) is 28.1 Å². The van der Waals surface area contributed by atoms with Crippen LogP contribution in [0.5, 0.6) is 6.01 Å². The van der Waals surface area contributed by atoms with Crippen LogP contribution >= 0.6 is 11.6 Å². The lowest BCUT2D eigenvalue weighted by molar-refractivity contribution is 0.107. The zero-order chi connectivity index (χ0) is 28.9. The van der Waals surface area contributed by atoms with E-state index in [2.05, 4.69) is 45.5 Å². The molecule has 42 heavy (non-hydrogen) atoms. The molecule has 0 bridgehead atoms. The quantitative estimate of drug-likeness (QED) is 0.354. The molecule has 1 aromatic heterocycles. The van der Waals surface area contributed by atoms with Crippen molar-refractivity contribution in [3.05, 3.63) is 64.7 Å². The van der Waals surface area contributed by atoms with Gasteiger partial charge in [0.1, 0.15) is 12.4 Å². The number of halogens is 1. The van der Waals surface area contributed by atoms with Gasteiger partial charge in [0, 0.05) is 41.7 Å². The van der Waals surface area contributed by atoms with Gasteiger partial charge in [-0.05, 0) is 75.6 Å². The van der Waals surface area contributed by atoms with E-state index in [0.717, 1.165) is 95.8 Å². The van der Waals surface area contributed by atoms with Gasteiger partial charge in [-0.25, -0.2) is 8.42 Å². The zero-order valence-corrected chi connectivity index (χ0v) is 25.5. The minimum Gasteiger partial charge on any atom is -0.461 e. The van der Waals surface area contributed by atoms with Crippen molar-refractivity contribution in [2.45, 2.75) is 62.3 Å². The Morgan fingerprint density at radius 3 is 2.60 bits per heavy atom. The van der Waals surface area contributed by atoms with E-state index in [4.69, 9.17) is 26.3 Å². The summed E-state index contributed by atoms with van der Waals surface area (Å²) in [6.07, 6.45) is 6.87. The van der Waals surface area contributed by atoms with Crippen LogP contribution in [0, 0.1) is 0 Å². The lowest BCUT2D eigenvalue weighted by Gasteiger charge is -2.37. The van der Waals surface area contributed by atoms with E-state index in [9.17, 15) is 8.42 Å². The lowest BCUT2D eigenvalue weighted by atomic mass is 9.95. The average molecular weight is 608 g/mol. The smallest absolute Gasteiger partial charge is 0.318 e. The Balaban J connectivity index is 1.24. The standard InChI is InChI=1S/C32H38ClN5O3S/c1-2-42(39,40)24-10-5-16-37(20-24)30-25-13-19-36(28-12-4-9-23-8-3-11-26(33)29(23)28)21-27(25)34-31(35-30)41-22-32-14-6-17-38(32)18-7-15-32/h2-4,8-9,11-12,24H,1,5-7,10,13-22H2. The van der Waals surface area contributed by atoms with Gasteiger partial charge in [0.25, 0.3) is 0 Å². The maximum Gasteiger partial charge on any atom is 0.318 e. The number of piperidine rings is 1. The molecule has 2 aromatic carbocycles. The first-order chi connectivity index (χ1) is 20.4. The number of anilines is 2. The largest absolute Gasteiger partial charge is 0.461 e. The van der Waals surface area contributed by atoms with Gasteiger partial charge in [0.15, 0.2) is 9.84 Å². The highest BCUT2D eigenvalue weighted by Crippen LogP contribution is 2.40. The number of aromatic nitrogens is 2. The van der Waals surface area contributed by atoms with Crippen molar-refractivity contribution in [2.75, 3.05) is 49.1 Å². The number of benzene rings is 2. The van der Waals surface area contributed by atoms with Gasteiger partial charge in [-0.15, -0.1) is 0 Å². The third kappa shape index (κ3) is 4.93. The molecule has 5 heterocycles. The molecule has 8 nitrogen and oxygen atoms in total. The summed E-state index contributed by atoms with van der Waals surface area (Å²) in [6, 6.07) is 12.7. The SMILES string of the molecule is C=CS(=O)(=O)C1CCCN(c2nc(OCC34CCCN3CCC4)nc3c2CCN(c2cccc4cccc(Cl)c24)C3)C1. The summed E-state index contributed by atoms with van der Waals surface area (Å²) in [4.78, 5) is 17.1. The molecule has 3 aromatic rings. The Morgan fingerprint density at radius 2 is 1.81 bits per heavy atom. The van der Waals surface area contributed by atoms with Crippen molar-refractivity contribution >= 4 is 43.7 Å². The predicted octanol–water partition coefficient (Wildman–Crippen LogP) is 5.38. The van der Waals surface area contributed by atoms with Crippen LogP contribution in [0.15, 0.2) is 48.4 Å². The normalized spacial score (nSPS) is 22.3. The molecule has 3 fully saturated rings. The molecule has 0 radical (unpaired) electrons. The highest BCUT2D eigenvalue weighted by Gasteiger charge is 2.45. The third-order valence-electron chi connectivity index (χ3n) is 9.85. The van der Waals surface area contributed by atoms with E-state index in [1.807, 2.05) is 12.1 Å². The Kier molecular flexibility index (Phi) is 7.31. The number of hydrogen-bond donors (Lipinski definition) is 0. The van der Waals surface area contributed by atoms with Gasteiger partial charge in [-0.1, -0.05) is 42.4 Å². The predicted molar refractivity (Wildman–Crippen MR) is 168 cm³/mol. The molecule has 0 spiro atoms. The van der Waals surface area contributed by atoms with E-state index in [-0.39, 0.29) is 5.54 Å². The van der Waals surface area contributed by atoms with E-state index < -0.39 is 15.1 Å². The highest BCUT2D eigenvalue weighted by atomic mass is 35.5. The molecule has 222 valence electrons. The van der Waals surface area contributed by atoms with Crippen molar-refractivity contribution in [3.63, 3.8) is 0 Å². The number of sulfone groups is 1. The fourth-order valence-corrected chi connectivity index (χ4v) is 9.09. The topological polar surface area (TPSA) is 78.9 Å². The van der Waals surface area contributed by atoms with E-state index in [0.29, 0.717) is 32.1 Å². The Bertz CT molecular complexity index is 1610. The summed E-state index contributed by atoms with van der Waals surface area (Å²) < 4.78 is 32.0. The molecule has 0 saturated carbocycles. The molecule has 1 atom stereocenters. The zero-order valence-electron chi connectivity index (χ0n) is 24.0. The van der Waals surface area contributed by atoms with Crippen LogP contribution in [0.1, 0.15) is 49.8 Å². The van der Waals surface area contributed by atoms with Gasteiger partial charge in [-0.2, -0.15) is 9.97 Å². The van der Waals surface area contributed by atoms with E-state index >= 15 is 0 Å². The van der Waals surface area contributed by atoms with Gasteiger partial charge >= 0.3 is 6.01 Å². The maximum absolute atomic E-state index is 12.8. The number of ether oxygens (including phenoxy) is 1. The molecule has 0 N–H and O–H groups in total. The van der Waals surface area contributed by atoms with Gasteiger partial charge in [-0.3, -0.25) is 4.90 Å². The highest BCUT2D eigenvalue weighted by molar-refractivity contribution is 7.94.